The summed E-state index contributed by atoms with van der Waals surface area (Å²) in [5.74, 6) is -0.246. The van der Waals surface area contributed by atoms with Gasteiger partial charge in [0.2, 0.25) is 19.2 Å². The number of aromatic nitrogens is 3. The number of hydrogen-bond donors (Lipinski definition) is 3. The van der Waals surface area contributed by atoms with E-state index >= 15 is 4.57 Å². The molecule has 3 aromatic heterocycles. The number of nitrogens with zero attached hydrogens (tertiary/aromatic N) is 4. The average molecular weight is 902 g/mol. The topological polar surface area (TPSA) is 183 Å². The zero-order valence-electron chi connectivity index (χ0n) is 37.2. The first kappa shape index (κ1) is 46.0. The third kappa shape index (κ3) is 10.2. The molecule has 338 valence electrons. The van der Waals surface area contributed by atoms with E-state index in [-0.39, 0.29) is 43.8 Å². The Bertz CT molecular complexity index is 2350. The lowest BCUT2D eigenvalue weighted by molar-refractivity contribution is -0.142. The molecular weight excluding hydrogens is 842 g/mol. The molecular formula is C46H60N7O8PS. The van der Waals surface area contributed by atoms with Gasteiger partial charge in [-0.2, -0.15) is 0 Å². The molecule has 0 unspecified atom stereocenters. The fourth-order valence-electron chi connectivity index (χ4n) is 8.60. The maximum atomic E-state index is 15.1. The van der Waals surface area contributed by atoms with Crippen LogP contribution in [0.4, 0.5) is 9.93 Å². The second-order valence-electron chi connectivity index (χ2n) is 18.0. The van der Waals surface area contributed by atoms with E-state index < -0.39 is 54.2 Å². The fourth-order valence-corrected chi connectivity index (χ4v) is 12.5. The maximum Gasteiger partial charge on any atom is 0.408 e. The molecule has 4 aromatic rings. The number of methoxy groups -OCH3 is 1. The standard InChI is InChI=1S/C46H60N7O8PS/c1-9-29-24-46(29,62(57,59-10-2)26-30-15-13-14-20-47-30)52-41(54)38-22-33(25-53(38)42(55)40(45(5,6)7)51-44(56)61-31-16-11-12-17-31)60-39-23-36(37-27-63-43(50-37)48-28(3)4)49-35-21-32(58-8)18-19-34(35)39/h9,13-15,18-21,23,27-29,31,33,38,40H,1,10-12,16-17,22,24-26H2,2-8H3,(H,48,50)(H,51,56)(H,52,54)/t29-,33-,38+,40-,46+,62+/m1/s1. The molecule has 1 aromatic carbocycles. The van der Waals surface area contributed by atoms with Crippen LogP contribution >= 0.6 is 18.7 Å². The summed E-state index contributed by atoms with van der Waals surface area (Å²) < 4.78 is 39.3. The molecule has 0 spiro atoms. The van der Waals surface area contributed by atoms with E-state index in [4.69, 9.17) is 28.7 Å². The van der Waals surface area contributed by atoms with Gasteiger partial charge in [-0.25, -0.2) is 14.8 Å². The van der Waals surface area contributed by atoms with Crippen LogP contribution in [-0.2, 0) is 29.6 Å². The van der Waals surface area contributed by atoms with Crippen LogP contribution in [0, 0.1) is 11.3 Å². The molecule has 7 rings (SSSR count). The first-order valence-corrected chi connectivity index (χ1v) is 24.5. The van der Waals surface area contributed by atoms with Crippen molar-refractivity contribution < 1.29 is 37.7 Å². The number of ether oxygens (including phenoxy) is 3. The van der Waals surface area contributed by atoms with Gasteiger partial charge < -0.3 is 39.6 Å². The molecule has 2 aliphatic carbocycles. The van der Waals surface area contributed by atoms with Gasteiger partial charge >= 0.3 is 6.09 Å². The Kier molecular flexibility index (Phi) is 13.8. The fraction of sp³-hybridized carbons (Fsp3) is 0.522. The lowest BCUT2D eigenvalue weighted by Crippen LogP contribution is -2.58. The number of rotatable bonds is 17. The van der Waals surface area contributed by atoms with Crippen LogP contribution in [-0.4, -0.2) is 93.6 Å². The van der Waals surface area contributed by atoms with Crippen LogP contribution in [0.3, 0.4) is 0 Å². The van der Waals surface area contributed by atoms with Crippen LogP contribution in [0.25, 0.3) is 22.3 Å². The summed E-state index contributed by atoms with van der Waals surface area (Å²) >= 11 is 1.47. The minimum absolute atomic E-state index is 0.000714. The van der Waals surface area contributed by atoms with Gasteiger partial charge in [-0.1, -0.05) is 32.9 Å². The number of pyridine rings is 2. The quantitative estimate of drug-likeness (QED) is 0.0679. The largest absolute Gasteiger partial charge is 0.497 e. The van der Waals surface area contributed by atoms with E-state index in [1.54, 1.807) is 38.4 Å². The number of hydrogen-bond acceptors (Lipinski definition) is 13. The number of alkyl carbamates (subject to hydrolysis) is 1. The van der Waals surface area contributed by atoms with Crippen molar-refractivity contribution in [1.29, 1.82) is 0 Å². The van der Waals surface area contributed by atoms with Crippen molar-refractivity contribution in [2.75, 3.05) is 25.6 Å². The normalized spacial score (nSPS) is 22.6. The summed E-state index contributed by atoms with van der Waals surface area (Å²) in [4.78, 5) is 59.0. The third-order valence-corrected chi connectivity index (χ3v) is 15.9. The molecule has 1 saturated heterocycles. The molecule has 15 nitrogen and oxygen atoms in total. The molecule has 2 saturated carbocycles. The molecule has 63 heavy (non-hydrogen) atoms. The number of carbonyl (C=O) groups is 3. The number of nitrogens with one attached hydrogen (secondary N) is 3. The second kappa shape index (κ2) is 19.0. The number of fused-ring (bicyclic) bond motifs is 1. The molecule has 3 N–H and O–H groups in total. The van der Waals surface area contributed by atoms with Crippen molar-refractivity contribution in [3.63, 3.8) is 0 Å². The summed E-state index contributed by atoms with van der Waals surface area (Å²) in [5, 5.41) is 11.5. The first-order chi connectivity index (χ1) is 30.1. The minimum atomic E-state index is -3.67. The minimum Gasteiger partial charge on any atom is -0.497 e. The highest BCUT2D eigenvalue weighted by molar-refractivity contribution is 7.60. The Morgan fingerprint density at radius 1 is 1.08 bits per heavy atom. The Hall–Kier alpha value is -5.05. The van der Waals surface area contributed by atoms with Crippen molar-refractivity contribution in [2.24, 2.45) is 11.3 Å². The average Bonchev–Trinajstić information content (AvgIpc) is 3.64. The highest BCUT2D eigenvalue weighted by Crippen LogP contribution is 2.73. The molecule has 17 heteroatoms. The number of carbonyl (C=O) groups excluding carboxylic acids is 3. The highest BCUT2D eigenvalue weighted by Gasteiger charge is 2.67. The molecule has 3 aliphatic rings. The maximum absolute atomic E-state index is 15.1. The van der Waals surface area contributed by atoms with Crippen molar-refractivity contribution in [3.05, 3.63) is 72.4 Å². The highest BCUT2D eigenvalue weighted by atomic mass is 32.1. The van der Waals surface area contributed by atoms with Crippen LogP contribution < -0.4 is 25.4 Å². The zero-order chi connectivity index (χ0) is 45.1. The Morgan fingerprint density at radius 3 is 2.51 bits per heavy atom. The lowest BCUT2D eigenvalue weighted by Gasteiger charge is -2.36. The van der Waals surface area contributed by atoms with E-state index in [2.05, 4.69) is 27.5 Å². The predicted molar refractivity (Wildman–Crippen MR) is 244 cm³/mol. The summed E-state index contributed by atoms with van der Waals surface area (Å²) in [6, 6.07) is 10.8. The smallest absolute Gasteiger partial charge is 0.408 e. The monoisotopic (exact) mass is 901 g/mol. The van der Waals surface area contributed by atoms with E-state index in [1.165, 1.54) is 16.2 Å². The van der Waals surface area contributed by atoms with Gasteiger partial charge in [0.15, 0.2) is 5.13 Å². The lowest BCUT2D eigenvalue weighted by atomic mass is 9.85. The SMILES string of the molecule is C=C[C@@H]1C[C@]1(NC(=O)[C@@H]1C[C@@H](Oc2cc(-c3csc(NC(C)C)n3)nc3cc(OC)ccc23)CN1C(=O)[C@@H](NC(=O)OC1CCCC1)C(C)(C)C)[P@](=O)(Cc1ccccn1)OCC. The molecule has 0 radical (unpaired) electrons. The summed E-state index contributed by atoms with van der Waals surface area (Å²) in [7, 11) is -2.08. The van der Waals surface area contributed by atoms with Crippen LogP contribution in [0.5, 0.6) is 11.5 Å². The van der Waals surface area contributed by atoms with Gasteiger partial charge in [0, 0.05) is 47.5 Å². The van der Waals surface area contributed by atoms with Crippen molar-refractivity contribution >= 4 is 52.6 Å². The first-order valence-electron chi connectivity index (χ1n) is 21.8. The number of amides is 3. The van der Waals surface area contributed by atoms with Crippen LogP contribution in [0.1, 0.15) is 85.8 Å². The van der Waals surface area contributed by atoms with Crippen molar-refractivity contribution in [2.45, 2.75) is 122 Å². The van der Waals surface area contributed by atoms with E-state index in [0.29, 0.717) is 45.9 Å². The van der Waals surface area contributed by atoms with Gasteiger partial charge in [0.1, 0.15) is 46.8 Å². The molecule has 6 atom stereocenters. The van der Waals surface area contributed by atoms with Crippen molar-refractivity contribution in [3.8, 4) is 22.9 Å². The number of thiazole rings is 1. The van der Waals surface area contributed by atoms with Crippen LogP contribution in [0.2, 0.25) is 0 Å². The number of benzene rings is 1. The molecule has 3 fully saturated rings. The van der Waals surface area contributed by atoms with Gasteiger partial charge in [-0.05, 0) is 82.6 Å². The third-order valence-electron chi connectivity index (χ3n) is 11.9. The summed E-state index contributed by atoms with van der Waals surface area (Å²) in [5.41, 5.74) is 1.62. The predicted octanol–water partition coefficient (Wildman–Crippen LogP) is 8.55. The van der Waals surface area contributed by atoms with Gasteiger partial charge in [-0.15, -0.1) is 17.9 Å². The number of anilines is 1. The van der Waals surface area contributed by atoms with Crippen LogP contribution in [0.15, 0.2) is 66.7 Å². The molecule has 1 aliphatic heterocycles. The van der Waals surface area contributed by atoms with Gasteiger partial charge in [0.25, 0.3) is 0 Å². The summed E-state index contributed by atoms with van der Waals surface area (Å²) in [6.07, 6.45) is 5.64. The molecule has 0 bridgehead atoms. The Balaban J connectivity index is 1.24. The summed E-state index contributed by atoms with van der Waals surface area (Å²) in [6.45, 7) is 15.6. The van der Waals surface area contributed by atoms with E-state index in [9.17, 15) is 14.4 Å². The van der Waals surface area contributed by atoms with E-state index in [0.717, 1.165) is 30.8 Å². The zero-order valence-corrected chi connectivity index (χ0v) is 38.9. The Labute approximate surface area is 373 Å². The Morgan fingerprint density at radius 2 is 1.86 bits per heavy atom. The second-order valence-corrected chi connectivity index (χ2v) is 21.6. The molecule has 3 amide bonds. The van der Waals surface area contributed by atoms with Gasteiger partial charge in [0.05, 0.1) is 43.3 Å². The number of likely N-dealkylation sites (tertiary alicyclic amines) is 1. The van der Waals surface area contributed by atoms with E-state index in [1.807, 2.05) is 70.3 Å². The van der Waals surface area contributed by atoms with Crippen molar-refractivity contribution in [1.82, 2.24) is 30.5 Å². The van der Waals surface area contributed by atoms with Gasteiger partial charge in [-0.3, -0.25) is 19.1 Å². The molecule has 4 heterocycles.